The van der Waals surface area contributed by atoms with Gasteiger partial charge in [0.1, 0.15) is 5.75 Å². The Balaban J connectivity index is 2.24. The van der Waals surface area contributed by atoms with Crippen molar-refractivity contribution in [3.8, 4) is 5.75 Å². The van der Waals surface area contributed by atoms with Gasteiger partial charge in [0.15, 0.2) is 0 Å². The normalized spacial score (nSPS) is 17.6. The number of pyridine rings is 1. The maximum Gasteiger partial charge on any atom is 0.253 e. The molecular weight excluding hydrogens is 302 g/mol. The number of aromatic hydroxyl groups is 1. The topological polar surface area (TPSA) is 120 Å². The SMILES string of the molecule is [2H]C([2H])(C(=O)NCc1c(CO)cnc(C)c1O)C([2H])([2H])N1C(=O)C=CC1=O. The molecular formula is C15H17N3O5. The van der Waals surface area contributed by atoms with Gasteiger partial charge < -0.3 is 15.5 Å². The van der Waals surface area contributed by atoms with Crippen molar-refractivity contribution in [3.05, 3.63) is 35.2 Å². The molecule has 3 N–H and O–H groups in total. The van der Waals surface area contributed by atoms with Gasteiger partial charge in [0, 0.05) is 51.6 Å². The van der Waals surface area contributed by atoms with Crippen molar-refractivity contribution < 1.29 is 30.1 Å². The van der Waals surface area contributed by atoms with Crippen LogP contribution >= 0.6 is 0 Å². The third-order valence-electron chi connectivity index (χ3n) is 3.12. The summed E-state index contributed by atoms with van der Waals surface area (Å²) in [6.07, 6.45) is -0.460. The van der Waals surface area contributed by atoms with Gasteiger partial charge in [0.05, 0.1) is 15.0 Å². The summed E-state index contributed by atoms with van der Waals surface area (Å²) in [5.74, 6) is -3.91. The summed E-state index contributed by atoms with van der Waals surface area (Å²) in [6, 6.07) is 0. The first-order valence-corrected chi connectivity index (χ1v) is 6.56. The standard InChI is InChI=1S/C15H17N3O5/c1-9-15(23)11(10(8-19)6-16-9)7-17-12(20)4-5-18-13(21)2-3-14(18)22/h2-3,6,19,23H,4-5,7-8H2,1H3,(H,17,20)/i4D2,5D2. The predicted octanol–water partition coefficient (Wildman–Crippen LogP) is -0.481. The summed E-state index contributed by atoms with van der Waals surface area (Å²) in [4.78, 5) is 39.5. The maximum absolute atomic E-state index is 12.3. The van der Waals surface area contributed by atoms with Crippen molar-refractivity contribution in [1.82, 2.24) is 15.2 Å². The van der Waals surface area contributed by atoms with Crippen LogP contribution in [0.15, 0.2) is 18.3 Å². The average Bonchev–Trinajstić information content (AvgIpc) is 2.94. The Hall–Kier alpha value is -2.74. The van der Waals surface area contributed by atoms with E-state index >= 15 is 0 Å². The van der Waals surface area contributed by atoms with Crippen LogP contribution in [0.25, 0.3) is 0 Å². The average molecular weight is 323 g/mol. The number of imide groups is 1. The van der Waals surface area contributed by atoms with E-state index in [-0.39, 0.29) is 27.5 Å². The van der Waals surface area contributed by atoms with E-state index < -0.39 is 43.7 Å². The largest absolute Gasteiger partial charge is 0.506 e. The molecule has 1 aromatic heterocycles. The first-order chi connectivity index (χ1) is 12.4. The van der Waals surface area contributed by atoms with Crippen molar-refractivity contribution in [1.29, 1.82) is 0 Å². The van der Waals surface area contributed by atoms with E-state index in [1.54, 1.807) is 0 Å². The molecule has 2 rings (SSSR count). The minimum Gasteiger partial charge on any atom is -0.506 e. The van der Waals surface area contributed by atoms with Crippen molar-refractivity contribution in [3.63, 3.8) is 0 Å². The van der Waals surface area contributed by atoms with Gasteiger partial charge in [-0.2, -0.15) is 0 Å². The number of carbonyl (C=O) groups excluding carboxylic acids is 3. The minimum absolute atomic E-state index is 0.0276. The van der Waals surface area contributed by atoms with Crippen molar-refractivity contribution in [2.75, 3.05) is 6.50 Å². The second-order valence-corrected chi connectivity index (χ2v) is 4.62. The zero-order valence-electron chi connectivity index (χ0n) is 16.2. The third kappa shape index (κ3) is 3.72. The molecule has 2 heterocycles. The molecule has 0 unspecified atom stereocenters. The van der Waals surface area contributed by atoms with E-state index in [1.165, 1.54) is 13.1 Å². The predicted molar refractivity (Wildman–Crippen MR) is 78.9 cm³/mol. The van der Waals surface area contributed by atoms with Gasteiger partial charge in [-0.05, 0) is 6.92 Å². The van der Waals surface area contributed by atoms with Crippen LogP contribution < -0.4 is 5.32 Å². The van der Waals surface area contributed by atoms with E-state index in [1.807, 2.05) is 0 Å². The van der Waals surface area contributed by atoms with Crippen LogP contribution in [0.1, 0.15) is 28.7 Å². The molecule has 0 aliphatic carbocycles. The lowest BCUT2D eigenvalue weighted by Gasteiger charge is -2.15. The number of hydrogen-bond donors (Lipinski definition) is 3. The second-order valence-electron chi connectivity index (χ2n) is 4.62. The van der Waals surface area contributed by atoms with Gasteiger partial charge in [-0.25, -0.2) is 0 Å². The highest BCUT2D eigenvalue weighted by atomic mass is 16.3. The van der Waals surface area contributed by atoms with Crippen LogP contribution in [0.4, 0.5) is 0 Å². The number of hydrogen-bond acceptors (Lipinski definition) is 6. The molecule has 8 nitrogen and oxygen atoms in total. The van der Waals surface area contributed by atoms with E-state index in [0.29, 0.717) is 0 Å². The van der Waals surface area contributed by atoms with Crippen LogP contribution in [0, 0.1) is 6.92 Å². The number of aryl methyl sites for hydroxylation is 1. The van der Waals surface area contributed by atoms with Crippen LogP contribution in [0.2, 0.25) is 0 Å². The van der Waals surface area contributed by atoms with E-state index in [0.717, 1.165) is 12.2 Å². The number of aromatic nitrogens is 1. The molecule has 0 atom stereocenters. The first kappa shape index (κ1) is 11.8. The fourth-order valence-electron chi connectivity index (χ4n) is 1.85. The molecule has 0 fully saturated rings. The molecule has 0 aromatic carbocycles. The van der Waals surface area contributed by atoms with Crippen molar-refractivity contribution in [2.24, 2.45) is 0 Å². The zero-order valence-corrected chi connectivity index (χ0v) is 12.2. The summed E-state index contributed by atoms with van der Waals surface area (Å²) < 4.78 is 31.3. The number of rotatable bonds is 6. The van der Waals surface area contributed by atoms with Crippen LogP contribution in [-0.2, 0) is 27.5 Å². The Labute approximate surface area is 138 Å². The summed E-state index contributed by atoms with van der Waals surface area (Å²) in [5.41, 5.74) is 0.495. The van der Waals surface area contributed by atoms with Gasteiger partial charge in [-0.15, -0.1) is 0 Å². The molecule has 0 saturated heterocycles. The molecule has 0 saturated carbocycles. The minimum atomic E-state index is -3.29. The van der Waals surface area contributed by atoms with Gasteiger partial charge in [0.25, 0.3) is 11.8 Å². The van der Waals surface area contributed by atoms with Gasteiger partial charge in [-0.3, -0.25) is 24.3 Å². The van der Waals surface area contributed by atoms with Crippen molar-refractivity contribution in [2.45, 2.75) is 26.4 Å². The van der Waals surface area contributed by atoms with Crippen molar-refractivity contribution >= 4 is 17.7 Å². The van der Waals surface area contributed by atoms with E-state index in [2.05, 4.69) is 10.3 Å². The molecule has 1 aliphatic heterocycles. The third-order valence-corrected chi connectivity index (χ3v) is 3.12. The van der Waals surface area contributed by atoms with E-state index in [4.69, 9.17) is 5.48 Å². The molecule has 23 heavy (non-hydrogen) atoms. The Morgan fingerprint density at radius 2 is 2.04 bits per heavy atom. The number of amides is 3. The molecule has 3 amide bonds. The highest BCUT2D eigenvalue weighted by molar-refractivity contribution is 6.13. The molecule has 1 aliphatic rings. The quantitative estimate of drug-likeness (QED) is 0.608. The van der Waals surface area contributed by atoms with Gasteiger partial charge >= 0.3 is 0 Å². The fourth-order valence-corrected chi connectivity index (χ4v) is 1.85. The second kappa shape index (κ2) is 7.01. The van der Waals surface area contributed by atoms with E-state index in [9.17, 15) is 24.6 Å². The summed E-state index contributed by atoms with van der Waals surface area (Å²) >= 11 is 0. The first-order valence-electron chi connectivity index (χ1n) is 8.56. The number of nitrogens with one attached hydrogen (secondary N) is 1. The Morgan fingerprint density at radius 3 is 2.65 bits per heavy atom. The molecule has 0 bridgehead atoms. The number of aliphatic hydroxyl groups excluding tert-OH is 1. The highest BCUT2D eigenvalue weighted by Crippen LogP contribution is 2.23. The smallest absolute Gasteiger partial charge is 0.253 e. The monoisotopic (exact) mass is 323 g/mol. The fraction of sp³-hybridized carbons (Fsp3) is 0.333. The Morgan fingerprint density at radius 1 is 1.39 bits per heavy atom. The Bertz CT molecular complexity index is 823. The van der Waals surface area contributed by atoms with Crippen LogP contribution in [-0.4, -0.2) is 44.3 Å². The van der Waals surface area contributed by atoms with Gasteiger partial charge in [-0.1, -0.05) is 0 Å². The van der Waals surface area contributed by atoms with Crippen LogP contribution in [0.5, 0.6) is 5.75 Å². The molecule has 122 valence electrons. The summed E-state index contributed by atoms with van der Waals surface area (Å²) in [5, 5.41) is 21.5. The molecule has 1 aromatic rings. The Kier molecular flexibility index (Phi) is 3.59. The summed E-state index contributed by atoms with van der Waals surface area (Å²) in [6.45, 7) is -2.70. The zero-order chi connectivity index (χ0) is 20.6. The lowest BCUT2D eigenvalue weighted by atomic mass is 10.1. The molecule has 0 spiro atoms. The number of carbonyl (C=O) groups is 3. The van der Waals surface area contributed by atoms with Crippen LogP contribution in [0.3, 0.4) is 0 Å². The molecule has 8 heteroatoms. The number of aliphatic hydroxyl groups is 1. The highest BCUT2D eigenvalue weighted by Gasteiger charge is 2.23. The lowest BCUT2D eigenvalue weighted by Crippen LogP contribution is -2.34. The van der Waals surface area contributed by atoms with Gasteiger partial charge in [0.2, 0.25) is 5.91 Å². The number of nitrogens with zero attached hydrogens (tertiary/aromatic N) is 2. The lowest BCUT2D eigenvalue weighted by molar-refractivity contribution is -0.137. The maximum atomic E-state index is 12.3. The molecule has 0 radical (unpaired) electrons. The summed E-state index contributed by atoms with van der Waals surface area (Å²) in [7, 11) is 0.